The Labute approximate surface area is 123 Å². The number of hydrogen-bond donors (Lipinski definition) is 0. The van der Waals surface area contributed by atoms with Crippen molar-refractivity contribution in [3.05, 3.63) is 12.2 Å². The van der Waals surface area contributed by atoms with Crippen molar-refractivity contribution in [3.8, 4) is 0 Å². The zero-order chi connectivity index (χ0) is 16.1. The number of carbonyl (C=O) groups excluding carboxylic acids is 1. The fourth-order valence-corrected chi connectivity index (χ4v) is 2.62. The van der Waals surface area contributed by atoms with E-state index in [9.17, 15) is 4.79 Å². The minimum atomic E-state index is -2.11. The first-order valence-corrected chi connectivity index (χ1v) is 9.43. The quantitative estimate of drug-likeness (QED) is 0.313. The Hall–Kier alpha value is -0.693. The van der Waals surface area contributed by atoms with Crippen molar-refractivity contribution >= 4 is 14.3 Å². The van der Waals surface area contributed by atoms with Crippen LogP contribution in [0.5, 0.6) is 0 Å². The van der Waals surface area contributed by atoms with E-state index in [1.54, 1.807) is 0 Å². The van der Waals surface area contributed by atoms with E-state index in [1.807, 2.05) is 0 Å². The number of rotatable bonds is 7. The maximum Gasteiger partial charge on any atom is 0.335 e. The third kappa shape index (κ3) is 4.70. The summed E-state index contributed by atoms with van der Waals surface area (Å²) < 4.78 is 21.4. The predicted octanol–water partition coefficient (Wildman–Crippen LogP) is 2.72. The topological polar surface area (TPSA) is 54.0 Å². The number of carbonyl (C=O) groups is 1. The lowest BCUT2D eigenvalue weighted by molar-refractivity contribution is -0.158. The lowest BCUT2D eigenvalue weighted by Gasteiger charge is -2.40. The zero-order valence-electron chi connectivity index (χ0n) is 13.9. The van der Waals surface area contributed by atoms with Gasteiger partial charge in [-0.15, -0.1) is 0 Å². The van der Waals surface area contributed by atoms with E-state index in [0.717, 1.165) is 0 Å². The Morgan fingerprint density at radius 1 is 1.10 bits per heavy atom. The molecule has 0 aromatic carbocycles. The van der Waals surface area contributed by atoms with Gasteiger partial charge in [-0.2, -0.15) is 0 Å². The molecule has 118 valence electrons. The van der Waals surface area contributed by atoms with Gasteiger partial charge in [0.1, 0.15) is 6.10 Å². The average molecular weight is 304 g/mol. The van der Waals surface area contributed by atoms with Gasteiger partial charge in [-0.25, -0.2) is 4.79 Å². The van der Waals surface area contributed by atoms with Crippen molar-refractivity contribution in [2.45, 2.75) is 51.3 Å². The Morgan fingerprint density at radius 3 is 1.85 bits per heavy atom. The summed E-state index contributed by atoms with van der Waals surface area (Å²) in [6.45, 7) is 14.3. The summed E-state index contributed by atoms with van der Waals surface area (Å²) in [4.78, 5) is 11.7. The minimum Gasteiger partial charge on any atom is -0.466 e. The highest BCUT2D eigenvalue weighted by molar-refractivity contribution is 6.74. The van der Waals surface area contributed by atoms with Crippen LogP contribution in [0.25, 0.3) is 0 Å². The molecule has 0 aliphatic carbocycles. The number of methoxy groups -OCH3 is 3. The second-order valence-electron chi connectivity index (χ2n) is 6.16. The molecule has 0 rings (SSSR count). The molecule has 5 nitrogen and oxygen atoms in total. The molecule has 0 aromatic rings. The largest absolute Gasteiger partial charge is 0.466 e. The molecule has 0 amide bonds. The number of hydrogen-bond acceptors (Lipinski definition) is 5. The van der Waals surface area contributed by atoms with Gasteiger partial charge in [0, 0.05) is 14.2 Å². The summed E-state index contributed by atoms with van der Waals surface area (Å²) in [5.74, 6) is -0.521. The average Bonchev–Trinajstić information content (AvgIpc) is 2.35. The lowest BCUT2D eigenvalue weighted by Crippen LogP contribution is -2.49. The van der Waals surface area contributed by atoms with Crippen molar-refractivity contribution in [2.75, 3.05) is 21.3 Å². The SMILES string of the molecule is C=C(C(=O)OC)C(O[Si](C)(C)C(C)(C)C)C(OC)OC. The van der Waals surface area contributed by atoms with Gasteiger partial charge in [0.15, 0.2) is 14.6 Å². The van der Waals surface area contributed by atoms with Crippen molar-refractivity contribution in [3.63, 3.8) is 0 Å². The first-order valence-electron chi connectivity index (χ1n) is 6.52. The van der Waals surface area contributed by atoms with Gasteiger partial charge in [0.25, 0.3) is 0 Å². The van der Waals surface area contributed by atoms with Crippen LogP contribution in [0.2, 0.25) is 18.1 Å². The van der Waals surface area contributed by atoms with Crippen molar-refractivity contribution in [2.24, 2.45) is 0 Å². The molecule has 1 unspecified atom stereocenters. The predicted molar refractivity (Wildman–Crippen MR) is 81.0 cm³/mol. The molecular formula is C14H28O5Si. The van der Waals surface area contributed by atoms with Gasteiger partial charge in [0.05, 0.1) is 12.7 Å². The molecule has 6 heteroatoms. The van der Waals surface area contributed by atoms with Crippen LogP contribution in [0.3, 0.4) is 0 Å². The third-order valence-corrected chi connectivity index (χ3v) is 8.19. The fourth-order valence-electron chi connectivity index (χ4n) is 1.38. The Bertz CT molecular complexity index is 342. The summed E-state index contributed by atoms with van der Waals surface area (Å²) in [7, 11) is 2.20. The van der Waals surface area contributed by atoms with Crippen LogP contribution in [-0.2, 0) is 23.4 Å². The Morgan fingerprint density at radius 2 is 1.55 bits per heavy atom. The van der Waals surface area contributed by atoms with Crippen LogP contribution in [0.15, 0.2) is 12.2 Å². The summed E-state index contributed by atoms with van der Waals surface area (Å²) in [6.07, 6.45) is -1.38. The van der Waals surface area contributed by atoms with Gasteiger partial charge in [-0.05, 0) is 18.1 Å². The number of ether oxygens (including phenoxy) is 3. The molecule has 20 heavy (non-hydrogen) atoms. The van der Waals surface area contributed by atoms with Crippen LogP contribution in [-0.4, -0.2) is 48.0 Å². The molecule has 0 aliphatic heterocycles. The van der Waals surface area contributed by atoms with Gasteiger partial charge >= 0.3 is 5.97 Å². The molecule has 0 saturated heterocycles. The monoisotopic (exact) mass is 304 g/mol. The first kappa shape index (κ1) is 19.3. The summed E-state index contributed by atoms with van der Waals surface area (Å²) in [5, 5.41) is -0.00627. The molecular weight excluding hydrogens is 276 g/mol. The Kier molecular flexibility index (Phi) is 7.10. The standard InChI is InChI=1S/C14H28O5Si/c1-10(12(15)16-5)11(13(17-6)18-7)19-20(8,9)14(2,3)4/h11,13H,1H2,2-9H3. The highest BCUT2D eigenvalue weighted by Crippen LogP contribution is 2.38. The molecule has 0 aliphatic rings. The molecule has 0 radical (unpaired) electrons. The second kappa shape index (κ2) is 7.35. The third-order valence-electron chi connectivity index (χ3n) is 3.73. The zero-order valence-corrected chi connectivity index (χ0v) is 14.9. The van der Waals surface area contributed by atoms with Crippen LogP contribution >= 0.6 is 0 Å². The molecule has 0 saturated carbocycles. The Balaban J connectivity index is 5.35. The molecule has 0 fully saturated rings. The first-order chi connectivity index (χ1) is 9.01. The maximum atomic E-state index is 11.7. The van der Waals surface area contributed by atoms with E-state index in [2.05, 4.69) is 40.4 Å². The van der Waals surface area contributed by atoms with E-state index in [0.29, 0.717) is 0 Å². The summed E-state index contributed by atoms with van der Waals surface area (Å²) in [6, 6.07) is 0. The van der Waals surface area contributed by atoms with Crippen molar-refractivity contribution in [1.29, 1.82) is 0 Å². The molecule has 0 spiro atoms. The fraction of sp³-hybridized carbons (Fsp3) is 0.786. The second-order valence-corrected chi connectivity index (χ2v) is 10.9. The highest BCUT2D eigenvalue weighted by atomic mass is 28.4. The molecule has 0 N–H and O–H groups in total. The van der Waals surface area contributed by atoms with Gasteiger partial charge in [0.2, 0.25) is 0 Å². The molecule has 0 heterocycles. The molecule has 1 atom stereocenters. The van der Waals surface area contributed by atoms with Crippen molar-refractivity contribution < 1.29 is 23.4 Å². The van der Waals surface area contributed by atoms with Gasteiger partial charge < -0.3 is 18.6 Å². The number of esters is 1. The van der Waals surface area contributed by atoms with Crippen LogP contribution in [0.1, 0.15) is 20.8 Å². The van der Waals surface area contributed by atoms with Gasteiger partial charge in [-0.3, -0.25) is 0 Å². The smallest absolute Gasteiger partial charge is 0.335 e. The minimum absolute atomic E-state index is 0.00627. The van der Waals surface area contributed by atoms with E-state index >= 15 is 0 Å². The van der Waals surface area contributed by atoms with Crippen LogP contribution < -0.4 is 0 Å². The van der Waals surface area contributed by atoms with Crippen molar-refractivity contribution in [1.82, 2.24) is 0 Å². The van der Waals surface area contributed by atoms with Crippen LogP contribution in [0.4, 0.5) is 0 Å². The lowest BCUT2D eigenvalue weighted by atomic mass is 10.1. The summed E-state index contributed by atoms with van der Waals surface area (Å²) >= 11 is 0. The molecule has 0 aromatic heterocycles. The van der Waals surface area contributed by atoms with E-state index in [1.165, 1.54) is 21.3 Å². The maximum absolute atomic E-state index is 11.7. The van der Waals surface area contributed by atoms with E-state index in [-0.39, 0.29) is 10.6 Å². The molecule has 0 bridgehead atoms. The van der Waals surface area contributed by atoms with Crippen LogP contribution in [0, 0.1) is 0 Å². The highest BCUT2D eigenvalue weighted by Gasteiger charge is 2.43. The normalized spacial score (nSPS) is 14.2. The van der Waals surface area contributed by atoms with E-state index in [4.69, 9.17) is 18.6 Å². The summed E-state index contributed by atoms with van der Waals surface area (Å²) in [5.41, 5.74) is 0.200. The van der Waals surface area contributed by atoms with E-state index < -0.39 is 26.7 Å². The van der Waals surface area contributed by atoms with Gasteiger partial charge in [-0.1, -0.05) is 27.4 Å².